The Morgan fingerprint density at radius 1 is 1.15 bits per heavy atom. The lowest BCUT2D eigenvalue weighted by molar-refractivity contribution is -0.135. The van der Waals surface area contributed by atoms with E-state index in [2.05, 4.69) is 10.2 Å². The van der Waals surface area contributed by atoms with Crippen LogP contribution in [0.1, 0.15) is 23.5 Å². The van der Waals surface area contributed by atoms with E-state index in [1.165, 1.54) is 7.11 Å². The Kier molecular flexibility index (Phi) is 4.19. The monoisotopic (exact) mass is 366 g/mol. The van der Waals surface area contributed by atoms with Crippen molar-refractivity contribution in [1.29, 1.82) is 0 Å². The predicted octanol–water partition coefficient (Wildman–Crippen LogP) is 3.24. The summed E-state index contributed by atoms with van der Waals surface area (Å²) < 4.78 is 15.7. The number of carbonyl (C=O) groups is 1. The van der Waals surface area contributed by atoms with Gasteiger partial charge >= 0.3 is 5.97 Å². The Hall–Kier alpha value is -3.48. The molecule has 1 aliphatic rings. The van der Waals surface area contributed by atoms with E-state index in [1.54, 1.807) is 25.3 Å². The summed E-state index contributed by atoms with van der Waals surface area (Å²) in [6.45, 7) is 0. The van der Waals surface area contributed by atoms with Crippen LogP contribution in [0.3, 0.4) is 0 Å². The van der Waals surface area contributed by atoms with Gasteiger partial charge in [-0.05, 0) is 42.0 Å². The zero-order valence-electron chi connectivity index (χ0n) is 14.9. The van der Waals surface area contributed by atoms with E-state index in [0.717, 1.165) is 28.1 Å². The molecule has 3 aromatic rings. The highest BCUT2D eigenvalue weighted by atomic mass is 16.5. The smallest absolute Gasteiger partial charge is 0.313 e. The summed E-state index contributed by atoms with van der Waals surface area (Å²) in [5.74, 6) is 0.788. The molecule has 27 heavy (non-hydrogen) atoms. The maximum atomic E-state index is 12.1. The van der Waals surface area contributed by atoms with E-state index in [0.29, 0.717) is 5.75 Å². The number of nitrogens with one attached hydrogen (secondary N) is 1. The zero-order chi connectivity index (χ0) is 19.0. The Morgan fingerprint density at radius 3 is 2.63 bits per heavy atom. The average molecular weight is 366 g/mol. The first-order chi connectivity index (χ1) is 13.1. The van der Waals surface area contributed by atoms with Crippen molar-refractivity contribution in [1.82, 2.24) is 10.2 Å². The molecule has 1 aliphatic heterocycles. The molecule has 4 rings (SSSR count). The molecule has 0 radical (unpaired) electrons. The molecule has 0 aliphatic carbocycles. The Bertz CT molecular complexity index is 994. The highest BCUT2D eigenvalue weighted by molar-refractivity contribution is 5.80. The summed E-state index contributed by atoms with van der Waals surface area (Å²) in [5.41, 5.74) is 3.31. The van der Waals surface area contributed by atoms with Crippen LogP contribution in [0.25, 0.3) is 11.3 Å². The number of hydrogen-bond acceptors (Lipinski definition) is 6. The first-order valence-corrected chi connectivity index (χ1v) is 8.41. The quantitative estimate of drug-likeness (QED) is 0.689. The molecule has 0 fully saturated rings. The third-order valence-electron chi connectivity index (χ3n) is 4.68. The van der Waals surface area contributed by atoms with Crippen LogP contribution in [-0.4, -0.2) is 35.5 Å². The van der Waals surface area contributed by atoms with Gasteiger partial charge in [-0.15, -0.1) is 5.10 Å². The number of carbonyl (C=O) groups excluding carboxylic acids is 1. The number of phenolic OH excluding ortho intramolecular Hbond substituents is 1. The number of hydrogen-bond donors (Lipinski definition) is 2. The largest absolute Gasteiger partial charge is 0.504 e. The van der Waals surface area contributed by atoms with Gasteiger partial charge in [0, 0.05) is 11.5 Å². The number of rotatable bonds is 4. The Labute approximate surface area is 155 Å². The molecule has 0 spiro atoms. The number of methoxy groups -OCH3 is 2. The van der Waals surface area contributed by atoms with Crippen LogP contribution < -0.4 is 14.2 Å². The van der Waals surface area contributed by atoms with Gasteiger partial charge in [0.2, 0.25) is 5.88 Å². The fourth-order valence-electron chi connectivity index (χ4n) is 3.33. The molecule has 0 saturated heterocycles. The van der Waals surface area contributed by atoms with Gasteiger partial charge in [-0.25, -0.2) is 0 Å². The molecule has 0 amide bonds. The molecule has 0 bridgehead atoms. The van der Waals surface area contributed by atoms with Gasteiger partial charge in [0.05, 0.1) is 31.9 Å². The van der Waals surface area contributed by atoms with E-state index in [4.69, 9.17) is 14.2 Å². The number of ether oxygens (including phenoxy) is 3. The minimum absolute atomic E-state index is 0.0439. The second kappa shape index (κ2) is 6.68. The number of aromatic amines is 1. The molecule has 2 heterocycles. The van der Waals surface area contributed by atoms with Crippen LogP contribution in [0.2, 0.25) is 0 Å². The molecule has 7 nitrogen and oxygen atoms in total. The van der Waals surface area contributed by atoms with E-state index in [-0.39, 0.29) is 29.9 Å². The standard InChI is InChI=1S/C20H18N2O5/c1-25-13-6-3-11(4-7-13)19-18-14(10-17(24)27-20(18)22-21-19)12-5-8-15(23)16(9-12)26-2/h3-9,14,23H,10H2,1-2H3,(H,21,22). The predicted molar refractivity (Wildman–Crippen MR) is 97.3 cm³/mol. The molecule has 2 aromatic carbocycles. The maximum absolute atomic E-state index is 12.1. The van der Waals surface area contributed by atoms with Crippen LogP contribution in [0.5, 0.6) is 23.1 Å². The van der Waals surface area contributed by atoms with E-state index in [1.807, 2.05) is 24.3 Å². The van der Waals surface area contributed by atoms with Crippen molar-refractivity contribution in [2.24, 2.45) is 0 Å². The molecule has 7 heteroatoms. The first kappa shape index (κ1) is 17.0. The summed E-state index contributed by atoms with van der Waals surface area (Å²) in [5, 5.41) is 17.0. The van der Waals surface area contributed by atoms with Gasteiger partial charge in [-0.2, -0.15) is 0 Å². The number of H-pyrrole nitrogens is 1. The number of aromatic nitrogens is 2. The van der Waals surface area contributed by atoms with E-state index in [9.17, 15) is 9.90 Å². The Balaban J connectivity index is 1.82. The van der Waals surface area contributed by atoms with Crippen LogP contribution in [0.15, 0.2) is 42.5 Å². The van der Waals surface area contributed by atoms with Crippen molar-refractivity contribution in [2.45, 2.75) is 12.3 Å². The summed E-state index contributed by atoms with van der Waals surface area (Å²) in [6.07, 6.45) is 0.170. The molecule has 1 atom stereocenters. The molecule has 1 aromatic heterocycles. The number of phenols is 1. The van der Waals surface area contributed by atoms with E-state index < -0.39 is 0 Å². The van der Waals surface area contributed by atoms with Crippen molar-refractivity contribution in [2.75, 3.05) is 14.2 Å². The van der Waals surface area contributed by atoms with Crippen LogP contribution in [0.4, 0.5) is 0 Å². The average Bonchev–Trinajstić information content (AvgIpc) is 3.11. The second-order valence-corrected chi connectivity index (χ2v) is 6.21. The third kappa shape index (κ3) is 2.97. The normalized spacial score (nSPS) is 15.8. The van der Waals surface area contributed by atoms with Crippen molar-refractivity contribution < 1.29 is 24.1 Å². The number of esters is 1. The van der Waals surface area contributed by atoms with Crippen molar-refractivity contribution in [3.63, 3.8) is 0 Å². The van der Waals surface area contributed by atoms with Crippen LogP contribution >= 0.6 is 0 Å². The maximum Gasteiger partial charge on any atom is 0.313 e. The fraction of sp³-hybridized carbons (Fsp3) is 0.200. The first-order valence-electron chi connectivity index (χ1n) is 8.41. The summed E-state index contributed by atoms with van der Waals surface area (Å²) in [6, 6.07) is 12.6. The van der Waals surface area contributed by atoms with Gasteiger partial charge in [-0.3, -0.25) is 9.89 Å². The lowest BCUT2D eigenvalue weighted by Crippen LogP contribution is -2.20. The molecule has 138 valence electrons. The van der Waals surface area contributed by atoms with Crippen molar-refractivity contribution >= 4 is 5.97 Å². The minimum atomic E-state index is -0.354. The Morgan fingerprint density at radius 2 is 1.93 bits per heavy atom. The second-order valence-electron chi connectivity index (χ2n) is 6.21. The SMILES string of the molecule is COc1ccc(-c2[nH]nc3c2C(c2ccc(O)c(OC)c2)CC(=O)O3)cc1. The molecule has 1 unspecified atom stereocenters. The summed E-state index contributed by atoms with van der Waals surface area (Å²) in [7, 11) is 3.10. The van der Waals surface area contributed by atoms with Crippen molar-refractivity contribution in [3.05, 3.63) is 53.6 Å². The fourth-order valence-corrected chi connectivity index (χ4v) is 3.33. The number of benzene rings is 2. The zero-order valence-corrected chi connectivity index (χ0v) is 14.9. The molecular weight excluding hydrogens is 348 g/mol. The highest BCUT2D eigenvalue weighted by Crippen LogP contribution is 2.44. The minimum Gasteiger partial charge on any atom is -0.504 e. The van der Waals surface area contributed by atoms with Gasteiger partial charge in [0.25, 0.3) is 0 Å². The number of fused-ring (bicyclic) bond motifs is 1. The van der Waals surface area contributed by atoms with Crippen LogP contribution in [0, 0.1) is 0 Å². The number of nitrogens with zero attached hydrogens (tertiary/aromatic N) is 1. The number of aromatic hydroxyl groups is 1. The lowest BCUT2D eigenvalue weighted by Gasteiger charge is -2.23. The van der Waals surface area contributed by atoms with Gasteiger partial charge in [0.1, 0.15) is 5.75 Å². The van der Waals surface area contributed by atoms with E-state index >= 15 is 0 Å². The summed E-state index contributed by atoms with van der Waals surface area (Å²) in [4.78, 5) is 12.1. The topological polar surface area (TPSA) is 93.7 Å². The molecule has 2 N–H and O–H groups in total. The lowest BCUT2D eigenvalue weighted by atomic mass is 9.85. The van der Waals surface area contributed by atoms with Gasteiger partial charge < -0.3 is 19.3 Å². The summed E-state index contributed by atoms with van der Waals surface area (Å²) >= 11 is 0. The third-order valence-corrected chi connectivity index (χ3v) is 4.68. The van der Waals surface area contributed by atoms with Gasteiger partial charge in [0.15, 0.2) is 11.5 Å². The van der Waals surface area contributed by atoms with Crippen LogP contribution in [-0.2, 0) is 4.79 Å². The molecular formula is C20H18N2O5. The highest BCUT2D eigenvalue weighted by Gasteiger charge is 2.34. The van der Waals surface area contributed by atoms with Crippen molar-refractivity contribution in [3.8, 4) is 34.4 Å². The molecule has 0 saturated carbocycles. The van der Waals surface area contributed by atoms with Gasteiger partial charge in [-0.1, -0.05) is 6.07 Å².